The van der Waals surface area contributed by atoms with Gasteiger partial charge in [-0.05, 0) is 78.1 Å². The number of fused-ring (bicyclic) bond motifs is 4. The maximum atomic E-state index is 5.43. The third kappa shape index (κ3) is 5.72. The zero-order valence-corrected chi connectivity index (χ0v) is 30.7. The van der Waals surface area contributed by atoms with E-state index in [-0.39, 0.29) is 10.8 Å². The van der Waals surface area contributed by atoms with Gasteiger partial charge in [-0.25, -0.2) is 9.97 Å². The Bertz CT molecular complexity index is 2630. The molecule has 2 aromatic heterocycles. The van der Waals surface area contributed by atoms with E-state index in [1.165, 1.54) is 27.4 Å². The van der Waals surface area contributed by atoms with Crippen LogP contribution in [-0.2, 0) is 10.8 Å². The molecular weight excluding hydrogens is 645 g/mol. The van der Waals surface area contributed by atoms with E-state index >= 15 is 0 Å². The number of benzene rings is 6. The summed E-state index contributed by atoms with van der Waals surface area (Å²) in [6.07, 6.45) is 7.74. The molecule has 0 spiro atoms. The van der Waals surface area contributed by atoms with Crippen molar-refractivity contribution in [2.45, 2.75) is 44.9 Å². The molecule has 0 N–H and O–H groups in total. The van der Waals surface area contributed by atoms with Crippen LogP contribution in [-0.4, -0.2) is 14.5 Å². The molecule has 2 heterocycles. The largest absolute Gasteiger partial charge is 0.311 e. The average molecular weight is 687 g/mol. The third-order valence-electron chi connectivity index (χ3n) is 10.7. The van der Waals surface area contributed by atoms with Gasteiger partial charge < -0.3 is 9.47 Å². The van der Waals surface area contributed by atoms with Gasteiger partial charge in [-0.1, -0.05) is 137 Å². The molecule has 0 amide bonds. The van der Waals surface area contributed by atoms with Crippen LogP contribution >= 0.6 is 0 Å². The van der Waals surface area contributed by atoms with Gasteiger partial charge in [-0.15, -0.1) is 0 Å². The molecular formula is C49H42N4. The SMILES string of the molecule is CC(C)(C)c1cccc2nc(C3(C)C=CC(N(c4ccccc4)c4ccc(-n5c6ccccc6c6ccccc65)cc4)=CC3)c(-c3ccccc3)nc12. The van der Waals surface area contributed by atoms with E-state index in [1.807, 2.05) is 0 Å². The van der Waals surface area contributed by atoms with Gasteiger partial charge in [0.15, 0.2) is 0 Å². The van der Waals surface area contributed by atoms with Gasteiger partial charge in [0.1, 0.15) is 0 Å². The van der Waals surface area contributed by atoms with Crippen molar-refractivity contribution in [1.82, 2.24) is 14.5 Å². The molecule has 8 aromatic rings. The van der Waals surface area contributed by atoms with Gasteiger partial charge in [0.2, 0.25) is 0 Å². The summed E-state index contributed by atoms with van der Waals surface area (Å²) in [6, 6.07) is 53.9. The molecule has 0 bridgehead atoms. The van der Waals surface area contributed by atoms with Crippen LogP contribution in [0.2, 0.25) is 0 Å². The number of aromatic nitrogens is 3. The maximum Gasteiger partial charge on any atom is 0.0934 e. The first-order valence-corrected chi connectivity index (χ1v) is 18.5. The number of allylic oxidation sites excluding steroid dienone is 3. The van der Waals surface area contributed by atoms with Gasteiger partial charge in [-0.3, -0.25) is 0 Å². The van der Waals surface area contributed by atoms with Gasteiger partial charge in [0.05, 0.1) is 33.5 Å². The summed E-state index contributed by atoms with van der Waals surface area (Å²) >= 11 is 0. The molecule has 53 heavy (non-hydrogen) atoms. The Hall–Kier alpha value is -6.26. The highest BCUT2D eigenvalue weighted by Crippen LogP contribution is 2.42. The second-order valence-corrected chi connectivity index (χ2v) is 15.4. The third-order valence-corrected chi connectivity index (χ3v) is 10.7. The van der Waals surface area contributed by atoms with E-state index < -0.39 is 0 Å². The van der Waals surface area contributed by atoms with Gasteiger partial charge in [0.25, 0.3) is 0 Å². The molecule has 0 aliphatic heterocycles. The minimum absolute atomic E-state index is 0.0570. The summed E-state index contributed by atoms with van der Waals surface area (Å²) in [5.74, 6) is 0. The monoisotopic (exact) mass is 686 g/mol. The number of rotatable bonds is 6. The highest BCUT2D eigenvalue weighted by atomic mass is 15.1. The number of anilines is 2. The Morgan fingerprint density at radius 2 is 1.23 bits per heavy atom. The lowest BCUT2D eigenvalue weighted by Crippen LogP contribution is -2.27. The number of hydrogen-bond acceptors (Lipinski definition) is 3. The number of para-hydroxylation sites is 4. The zero-order chi connectivity index (χ0) is 36.2. The molecule has 0 fully saturated rings. The smallest absolute Gasteiger partial charge is 0.0934 e. The van der Waals surface area contributed by atoms with Crippen molar-refractivity contribution >= 4 is 44.2 Å². The van der Waals surface area contributed by atoms with Gasteiger partial charge >= 0.3 is 0 Å². The van der Waals surface area contributed by atoms with Crippen molar-refractivity contribution in [2.75, 3.05) is 4.90 Å². The summed E-state index contributed by atoms with van der Waals surface area (Å²) < 4.78 is 2.37. The molecule has 6 aromatic carbocycles. The van der Waals surface area contributed by atoms with Crippen LogP contribution in [0, 0.1) is 0 Å². The fourth-order valence-corrected chi connectivity index (χ4v) is 7.92. The normalized spacial score (nSPS) is 16.0. The van der Waals surface area contributed by atoms with Crippen molar-refractivity contribution in [3.8, 4) is 16.9 Å². The Labute approximate surface area is 311 Å². The Kier molecular flexibility index (Phi) is 7.85. The predicted molar refractivity (Wildman–Crippen MR) is 222 cm³/mol. The first-order valence-electron chi connectivity index (χ1n) is 18.5. The number of nitrogens with zero attached hydrogens (tertiary/aromatic N) is 4. The lowest BCUT2D eigenvalue weighted by molar-refractivity contribution is 0.575. The standard InChI is InChI=1S/C49H42N4/c1-48(2,3)41-22-15-23-42-46(41)51-45(34-16-7-5-8-17-34)47(50-42)49(4)32-30-38(31-33-49)52(35-18-9-6-10-19-35)36-26-28-37(29-27-36)53-43-24-13-11-20-39(43)40-21-12-14-25-44(40)53/h5-32H,33H2,1-4H3. The van der Waals surface area contributed by atoms with Crippen molar-refractivity contribution in [3.05, 3.63) is 187 Å². The maximum absolute atomic E-state index is 5.43. The molecule has 4 heteroatoms. The molecule has 1 atom stereocenters. The molecule has 4 nitrogen and oxygen atoms in total. The Balaban J connectivity index is 1.12. The van der Waals surface area contributed by atoms with Crippen molar-refractivity contribution in [1.29, 1.82) is 0 Å². The van der Waals surface area contributed by atoms with Crippen LogP contribution in [0.3, 0.4) is 0 Å². The molecule has 0 saturated carbocycles. The van der Waals surface area contributed by atoms with Crippen LogP contribution in [0.1, 0.15) is 45.4 Å². The van der Waals surface area contributed by atoms with E-state index in [1.54, 1.807) is 0 Å². The van der Waals surface area contributed by atoms with E-state index in [0.29, 0.717) is 0 Å². The molecule has 9 rings (SSSR count). The summed E-state index contributed by atoms with van der Waals surface area (Å²) in [5.41, 5.74) is 12.6. The van der Waals surface area contributed by atoms with Crippen LogP contribution in [0.4, 0.5) is 11.4 Å². The summed E-state index contributed by atoms with van der Waals surface area (Å²) in [5, 5.41) is 2.53. The second-order valence-electron chi connectivity index (χ2n) is 15.4. The minimum atomic E-state index is -0.365. The molecule has 1 unspecified atom stereocenters. The fraction of sp³-hybridized carbons (Fsp3) is 0.143. The molecule has 1 aliphatic carbocycles. The Morgan fingerprint density at radius 1 is 0.623 bits per heavy atom. The van der Waals surface area contributed by atoms with Crippen molar-refractivity contribution in [2.24, 2.45) is 0 Å². The van der Waals surface area contributed by atoms with Crippen molar-refractivity contribution < 1.29 is 0 Å². The van der Waals surface area contributed by atoms with Crippen molar-refractivity contribution in [3.63, 3.8) is 0 Å². The van der Waals surface area contributed by atoms with Gasteiger partial charge in [0, 0.05) is 44.5 Å². The van der Waals surface area contributed by atoms with Crippen LogP contribution < -0.4 is 4.90 Å². The Morgan fingerprint density at radius 3 is 1.85 bits per heavy atom. The summed E-state index contributed by atoms with van der Waals surface area (Å²) in [7, 11) is 0. The lowest BCUT2D eigenvalue weighted by atomic mass is 9.77. The molecule has 0 radical (unpaired) electrons. The van der Waals surface area contributed by atoms with E-state index in [4.69, 9.17) is 9.97 Å². The quantitative estimate of drug-likeness (QED) is 0.175. The number of hydrogen-bond donors (Lipinski definition) is 0. The minimum Gasteiger partial charge on any atom is -0.311 e. The average Bonchev–Trinajstić information content (AvgIpc) is 3.53. The van der Waals surface area contributed by atoms with E-state index in [9.17, 15) is 0 Å². The lowest BCUT2D eigenvalue weighted by Gasteiger charge is -2.34. The van der Waals surface area contributed by atoms with Crippen LogP contribution in [0.15, 0.2) is 176 Å². The highest BCUT2D eigenvalue weighted by molar-refractivity contribution is 6.09. The fourth-order valence-electron chi connectivity index (χ4n) is 7.92. The predicted octanol–water partition coefficient (Wildman–Crippen LogP) is 12.6. The van der Waals surface area contributed by atoms with Crippen LogP contribution in [0.5, 0.6) is 0 Å². The van der Waals surface area contributed by atoms with E-state index in [2.05, 4.69) is 207 Å². The van der Waals surface area contributed by atoms with Gasteiger partial charge in [-0.2, -0.15) is 0 Å². The van der Waals surface area contributed by atoms with Crippen LogP contribution in [0.25, 0.3) is 49.8 Å². The first kappa shape index (κ1) is 32.6. The first-order chi connectivity index (χ1) is 25.8. The summed E-state index contributed by atoms with van der Waals surface area (Å²) in [6.45, 7) is 9.02. The molecule has 0 saturated heterocycles. The van der Waals surface area contributed by atoms with E-state index in [0.717, 1.165) is 57.2 Å². The zero-order valence-electron chi connectivity index (χ0n) is 30.7. The second kappa shape index (κ2) is 12.8. The molecule has 1 aliphatic rings. The topological polar surface area (TPSA) is 34.0 Å². The summed E-state index contributed by atoms with van der Waals surface area (Å²) in [4.78, 5) is 13.2. The molecule has 258 valence electrons. The highest BCUT2D eigenvalue weighted by Gasteiger charge is 2.33.